The summed E-state index contributed by atoms with van der Waals surface area (Å²) < 4.78 is 5.06. The van der Waals surface area contributed by atoms with E-state index in [4.69, 9.17) is 21.4 Å². The molecule has 1 rings (SSSR count). The molecule has 6 heteroatoms. The third-order valence-corrected chi connectivity index (χ3v) is 1.83. The number of nitrogens with zero attached hydrogens (tertiary/aromatic N) is 1. The molecule has 5 nitrogen and oxygen atoms in total. The molecule has 1 aromatic carbocycles. The van der Waals surface area contributed by atoms with E-state index < -0.39 is 11.0 Å². The lowest BCUT2D eigenvalue weighted by molar-refractivity contribution is -0.385. The minimum Gasteiger partial charge on any atom is -0.484 e. The van der Waals surface area contributed by atoms with Crippen LogP contribution in [0.4, 0.5) is 5.69 Å². The third-order valence-electron chi connectivity index (χ3n) is 1.60. The molecule has 1 aromatic rings. The van der Waals surface area contributed by atoms with Gasteiger partial charge in [-0.05, 0) is 13.0 Å². The Balaban J connectivity index is 2.92. The molecular weight excluding hydrogens is 222 g/mol. The Morgan fingerprint density at radius 1 is 1.67 bits per heavy atom. The molecule has 15 heavy (non-hydrogen) atoms. The summed E-state index contributed by atoms with van der Waals surface area (Å²) in [5.41, 5.74) is -0.167. The van der Waals surface area contributed by atoms with Gasteiger partial charge < -0.3 is 9.84 Å². The molecular formula is C9H10ClNO4. The van der Waals surface area contributed by atoms with Crippen molar-refractivity contribution in [2.75, 3.05) is 6.61 Å². The summed E-state index contributed by atoms with van der Waals surface area (Å²) in [7, 11) is 0. The lowest BCUT2D eigenvalue weighted by atomic mass is 10.3. The van der Waals surface area contributed by atoms with Gasteiger partial charge in [0.05, 0.1) is 11.0 Å². The summed E-state index contributed by atoms with van der Waals surface area (Å²) in [6, 6.07) is 4.02. The third kappa shape index (κ3) is 3.38. The predicted molar refractivity (Wildman–Crippen MR) is 55.3 cm³/mol. The van der Waals surface area contributed by atoms with Crippen molar-refractivity contribution in [1.29, 1.82) is 0 Å². The first-order valence-corrected chi connectivity index (χ1v) is 4.63. The number of nitro groups is 1. The maximum atomic E-state index is 10.6. The van der Waals surface area contributed by atoms with Crippen LogP contribution in [-0.2, 0) is 0 Å². The van der Waals surface area contributed by atoms with Crippen LogP contribution in [0.15, 0.2) is 18.2 Å². The predicted octanol–water partition coefficient (Wildman–Crippen LogP) is 2.01. The zero-order valence-corrected chi connectivity index (χ0v) is 8.77. The van der Waals surface area contributed by atoms with Gasteiger partial charge >= 0.3 is 5.69 Å². The highest BCUT2D eigenvalue weighted by Gasteiger charge is 2.15. The summed E-state index contributed by atoms with van der Waals surface area (Å²) >= 11 is 5.67. The van der Waals surface area contributed by atoms with Gasteiger partial charge in [-0.3, -0.25) is 10.1 Å². The van der Waals surface area contributed by atoms with Crippen molar-refractivity contribution in [3.05, 3.63) is 33.3 Å². The van der Waals surface area contributed by atoms with Crippen LogP contribution < -0.4 is 4.74 Å². The molecule has 0 unspecified atom stereocenters. The van der Waals surface area contributed by atoms with Gasteiger partial charge in [0.2, 0.25) is 0 Å². The molecule has 0 aliphatic rings. The normalized spacial score (nSPS) is 12.2. The van der Waals surface area contributed by atoms with E-state index in [1.807, 2.05) is 0 Å². The van der Waals surface area contributed by atoms with Gasteiger partial charge in [0.15, 0.2) is 5.75 Å². The smallest absolute Gasteiger partial charge is 0.311 e. The van der Waals surface area contributed by atoms with E-state index in [1.165, 1.54) is 25.1 Å². The molecule has 0 aromatic heterocycles. The zero-order chi connectivity index (χ0) is 11.4. The minimum atomic E-state index is -0.691. The summed E-state index contributed by atoms with van der Waals surface area (Å²) in [5, 5.41) is 19.9. The van der Waals surface area contributed by atoms with E-state index in [-0.39, 0.29) is 18.0 Å². The number of halogens is 1. The van der Waals surface area contributed by atoms with Gasteiger partial charge in [-0.1, -0.05) is 11.6 Å². The van der Waals surface area contributed by atoms with Crippen molar-refractivity contribution < 1.29 is 14.8 Å². The maximum absolute atomic E-state index is 10.6. The number of aliphatic hydroxyl groups is 1. The Kier molecular flexibility index (Phi) is 3.88. The van der Waals surface area contributed by atoms with Gasteiger partial charge in [0.1, 0.15) is 6.61 Å². The van der Waals surface area contributed by atoms with Gasteiger partial charge in [-0.2, -0.15) is 0 Å². The molecule has 0 radical (unpaired) electrons. The Bertz CT molecular complexity index is 367. The van der Waals surface area contributed by atoms with Crippen LogP contribution in [0.1, 0.15) is 6.92 Å². The molecule has 1 N–H and O–H groups in total. The zero-order valence-electron chi connectivity index (χ0n) is 8.01. The fourth-order valence-electron chi connectivity index (χ4n) is 0.965. The molecule has 0 fully saturated rings. The van der Waals surface area contributed by atoms with Crippen LogP contribution in [0.2, 0.25) is 5.02 Å². The first-order valence-electron chi connectivity index (χ1n) is 4.25. The second-order valence-electron chi connectivity index (χ2n) is 3.03. The number of rotatable bonds is 4. The van der Waals surface area contributed by atoms with Gasteiger partial charge in [-0.25, -0.2) is 0 Å². The first-order chi connectivity index (χ1) is 7.00. The standard InChI is InChI=1S/C9H10ClNO4/c1-6(12)5-15-9-4-7(10)2-3-8(9)11(13)14/h2-4,6,12H,5H2,1H3/t6-/m1/s1. The molecule has 0 saturated carbocycles. The van der Waals surface area contributed by atoms with E-state index in [0.717, 1.165) is 0 Å². The summed E-state index contributed by atoms with van der Waals surface area (Å²) in [4.78, 5) is 10.0. The molecule has 0 saturated heterocycles. The van der Waals surface area contributed by atoms with Crippen LogP contribution in [-0.4, -0.2) is 22.7 Å². The van der Waals surface area contributed by atoms with Crippen molar-refractivity contribution in [2.45, 2.75) is 13.0 Å². The molecule has 0 aliphatic carbocycles. The van der Waals surface area contributed by atoms with Gasteiger partial charge in [0, 0.05) is 17.2 Å². The monoisotopic (exact) mass is 231 g/mol. The minimum absolute atomic E-state index is 0.0127. The molecule has 0 amide bonds. The van der Waals surface area contributed by atoms with Crippen LogP contribution in [0.5, 0.6) is 5.75 Å². The molecule has 82 valence electrons. The number of ether oxygens (including phenoxy) is 1. The number of hydrogen-bond donors (Lipinski definition) is 1. The highest BCUT2D eigenvalue weighted by atomic mass is 35.5. The fourth-order valence-corrected chi connectivity index (χ4v) is 1.13. The molecule has 0 spiro atoms. The maximum Gasteiger partial charge on any atom is 0.311 e. The molecule has 0 bridgehead atoms. The highest BCUT2D eigenvalue weighted by molar-refractivity contribution is 6.30. The summed E-state index contributed by atoms with van der Waals surface area (Å²) in [6.07, 6.45) is -0.691. The number of benzene rings is 1. The lowest BCUT2D eigenvalue weighted by Crippen LogP contribution is -2.13. The van der Waals surface area contributed by atoms with E-state index in [9.17, 15) is 10.1 Å². The number of nitro benzene ring substituents is 1. The van der Waals surface area contributed by atoms with E-state index >= 15 is 0 Å². The van der Waals surface area contributed by atoms with Crippen LogP contribution in [0.25, 0.3) is 0 Å². The SMILES string of the molecule is C[C@@H](O)COc1cc(Cl)ccc1[N+](=O)[O-]. The van der Waals surface area contributed by atoms with Crippen LogP contribution >= 0.6 is 11.6 Å². The van der Waals surface area contributed by atoms with Crippen molar-refractivity contribution in [2.24, 2.45) is 0 Å². The van der Waals surface area contributed by atoms with Gasteiger partial charge in [0.25, 0.3) is 0 Å². The van der Waals surface area contributed by atoms with Crippen LogP contribution in [0.3, 0.4) is 0 Å². The highest BCUT2D eigenvalue weighted by Crippen LogP contribution is 2.29. The second kappa shape index (κ2) is 4.95. The van der Waals surface area contributed by atoms with Crippen LogP contribution in [0, 0.1) is 10.1 Å². The van der Waals surface area contributed by atoms with Crippen molar-refractivity contribution >= 4 is 17.3 Å². The Labute approximate surface area is 91.4 Å². The topological polar surface area (TPSA) is 72.6 Å². The van der Waals surface area contributed by atoms with E-state index in [1.54, 1.807) is 0 Å². The summed E-state index contributed by atoms with van der Waals surface area (Å²) in [5.74, 6) is 0.0633. The molecule has 0 aliphatic heterocycles. The van der Waals surface area contributed by atoms with E-state index in [2.05, 4.69) is 0 Å². The van der Waals surface area contributed by atoms with Crippen molar-refractivity contribution in [1.82, 2.24) is 0 Å². The summed E-state index contributed by atoms with van der Waals surface area (Å²) in [6.45, 7) is 1.51. The van der Waals surface area contributed by atoms with Crippen molar-refractivity contribution in [3.63, 3.8) is 0 Å². The Morgan fingerprint density at radius 3 is 2.87 bits per heavy atom. The molecule has 0 heterocycles. The van der Waals surface area contributed by atoms with E-state index in [0.29, 0.717) is 5.02 Å². The Hall–Kier alpha value is -1.33. The number of hydrogen-bond acceptors (Lipinski definition) is 4. The average molecular weight is 232 g/mol. The first kappa shape index (κ1) is 11.7. The largest absolute Gasteiger partial charge is 0.484 e. The quantitative estimate of drug-likeness (QED) is 0.636. The fraction of sp³-hybridized carbons (Fsp3) is 0.333. The number of aliphatic hydroxyl groups excluding tert-OH is 1. The lowest BCUT2D eigenvalue weighted by Gasteiger charge is -2.08. The van der Waals surface area contributed by atoms with Crippen molar-refractivity contribution in [3.8, 4) is 5.75 Å². The Morgan fingerprint density at radius 2 is 2.33 bits per heavy atom. The molecule has 1 atom stereocenters. The van der Waals surface area contributed by atoms with Gasteiger partial charge in [-0.15, -0.1) is 0 Å². The second-order valence-corrected chi connectivity index (χ2v) is 3.47. The average Bonchev–Trinajstić information content (AvgIpc) is 2.14.